The molecule has 0 unspecified atom stereocenters. The zero-order valence-electron chi connectivity index (χ0n) is 18.4. The lowest BCUT2D eigenvalue weighted by atomic mass is 10.0. The predicted octanol–water partition coefficient (Wildman–Crippen LogP) is 2.00. The average Bonchev–Trinajstić information content (AvgIpc) is 3.04. The number of benzene rings is 2. The molecular weight excluding hydrogens is 434 g/mol. The summed E-state index contributed by atoms with van der Waals surface area (Å²) >= 11 is 0. The zero-order chi connectivity index (χ0) is 23.5. The van der Waals surface area contributed by atoms with E-state index >= 15 is 0 Å². The summed E-state index contributed by atoms with van der Waals surface area (Å²) in [5, 5.41) is 12.2. The van der Waals surface area contributed by atoms with E-state index in [0.29, 0.717) is 10.6 Å². The first-order valence-electron chi connectivity index (χ1n) is 10.2. The molecule has 32 heavy (non-hydrogen) atoms. The lowest BCUT2D eigenvalue weighted by molar-refractivity contribution is -0.158. The van der Waals surface area contributed by atoms with Crippen LogP contribution in [-0.4, -0.2) is 38.9 Å². The SMILES string of the molecule is C[C@H](N[SH]1(=O)ONc2ccccc21)C(=O)N[C@@H](Cc1ccc(O)cc1)C(=O)OC(C)(C)C. The molecule has 1 heterocycles. The number of rotatable bonds is 7. The molecule has 0 aromatic heterocycles. The fourth-order valence-corrected chi connectivity index (χ4v) is 4.98. The smallest absolute Gasteiger partial charge is 0.329 e. The first-order chi connectivity index (χ1) is 15.0. The summed E-state index contributed by atoms with van der Waals surface area (Å²) in [6.07, 6.45) is 0.159. The van der Waals surface area contributed by atoms with Crippen molar-refractivity contribution < 1.29 is 27.9 Å². The van der Waals surface area contributed by atoms with Gasteiger partial charge in [-0.3, -0.25) is 4.79 Å². The van der Waals surface area contributed by atoms with E-state index in [1.807, 2.05) is 0 Å². The highest BCUT2D eigenvalue weighted by atomic mass is 32.3. The molecule has 2 atom stereocenters. The van der Waals surface area contributed by atoms with Crippen LogP contribution in [0, 0.1) is 0 Å². The molecule has 0 spiro atoms. The van der Waals surface area contributed by atoms with Crippen LogP contribution in [0.15, 0.2) is 53.4 Å². The van der Waals surface area contributed by atoms with E-state index in [4.69, 9.17) is 9.02 Å². The second-order valence-electron chi connectivity index (χ2n) is 8.58. The van der Waals surface area contributed by atoms with E-state index in [9.17, 15) is 18.9 Å². The molecule has 0 saturated carbocycles. The number of hydrogen-bond acceptors (Lipinski definition) is 7. The van der Waals surface area contributed by atoms with Gasteiger partial charge in [0.2, 0.25) is 5.91 Å². The number of hydrogen-bond donors (Lipinski definition) is 5. The van der Waals surface area contributed by atoms with Gasteiger partial charge in [0.15, 0.2) is 0 Å². The minimum Gasteiger partial charge on any atom is -0.508 e. The lowest BCUT2D eigenvalue weighted by Gasteiger charge is -2.29. The van der Waals surface area contributed by atoms with Crippen molar-refractivity contribution in [1.29, 1.82) is 0 Å². The van der Waals surface area contributed by atoms with Crippen LogP contribution in [-0.2, 0) is 35.4 Å². The summed E-state index contributed by atoms with van der Waals surface area (Å²) in [6, 6.07) is 11.3. The van der Waals surface area contributed by atoms with Crippen molar-refractivity contribution in [3.05, 3.63) is 54.1 Å². The molecule has 1 aliphatic heterocycles. The van der Waals surface area contributed by atoms with Crippen molar-refractivity contribution in [2.24, 2.45) is 0 Å². The van der Waals surface area contributed by atoms with Gasteiger partial charge in [-0.1, -0.05) is 34.7 Å². The van der Waals surface area contributed by atoms with Crippen LogP contribution >= 0.6 is 0 Å². The quantitative estimate of drug-likeness (QED) is 0.314. The maximum atomic E-state index is 13.2. The summed E-state index contributed by atoms with van der Waals surface area (Å²) in [5.41, 5.74) is 3.16. The number of thiol groups is 1. The van der Waals surface area contributed by atoms with Crippen molar-refractivity contribution in [2.45, 2.75) is 56.7 Å². The number of anilines is 1. The van der Waals surface area contributed by atoms with Crippen LogP contribution < -0.4 is 15.5 Å². The van der Waals surface area contributed by atoms with Crippen LogP contribution in [0.25, 0.3) is 0 Å². The first kappa shape index (κ1) is 23.7. The van der Waals surface area contributed by atoms with Crippen molar-refractivity contribution in [3.8, 4) is 5.75 Å². The van der Waals surface area contributed by atoms with Gasteiger partial charge in [0, 0.05) is 6.42 Å². The Hall–Kier alpha value is -2.95. The van der Waals surface area contributed by atoms with E-state index < -0.39 is 40.0 Å². The third-order valence-electron chi connectivity index (χ3n) is 4.65. The predicted molar refractivity (Wildman–Crippen MR) is 121 cm³/mol. The second kappa shape index (κ2) is 9.27. The van der Waals surface area contributed by atoms with E-state index in [2.05, 4.69) is 15.5 Å². The number of amides is 1. The number of fused-ring (bicyclic) bond motifs is 1. The summed E-state index contributed by atoms with van der Waals surface area (Å²) in [4.78, 5) is 26.1. The monoisotopic (exact) mass is 463 g/mol. The Morgan fingerprint density at radius 2 is 1.81 bits per heavy atom. The number of nitrogens with one attached hydrogen (secondary N) is 3. The van der Waals surface area contributed by atoms with Gasteiger partial charge in [-0.15, -0.1) is 0 Å². The summed E-state index contributed by atoms with van der Waals surface area (Å²) in [7, 11) is -3.51. The average molecular weight is 464 g/mol. The van der Waals surface area contributed by atoms with Gasteiger partial charge < -0.3 is 15.2 Å². The Morgan fingerprint density at radius 3 is 2.47 bits per heavy atom. The molecule has 174 valence electrons. The summed E-state index contributed by atoms with van der Waals surface area (Å²) < 4.78 is 26.7. The largest absolute Gasteiger partial charge is 0.508 e. The molecule has 10 heteroatoms. The molecule has 2 aromatic rings. The Kier molecular flexibility index (Phi) is 6.87. The highest BCUT2D eigenvalue weighted by Crippen LogP contribution is 2.33. The van der Waals surface area contributed by atoms with Gasteiger partial charge in [0.25, 0.3) is 0 Å². The van der Waals surface area contributed by atoms with Gasteiger partial charge in [-0.25, -0.2) is 15.0 Å². The van der Waals surface area contributed by atoms with E-state index in [1.54, 1.807) is 57.2 Å². The van der Waals surface area contributed by atoms with Crippen LogP contribution in [0.3, 0.4) is 0 Å². The molecular formula is C22H29N3O6S. The Balaban J connectivity index is 1.73. The molecule has 9 nitrogen and oxygen atoms in total. The molecule has 0 radical (unpaired) electrons. The van der Waals surface area contributed by atoms with Crippen LogP contribution in [0.5, 0.6) is 5.75 Å². The number of phenols is 1. The van der Waals surface area contributed by atoms with E-state index in [0.717, 1.165) is 5.56 Å². The Labute approximate surface area is 188 Å². The maximum absolute atomic E-state index is 13.2. The number of esters is 1. The minimum atomic E-state index is -3.51. The van der Waals surface area contributed by atoms with Gasteiger partial charge in [0.1, 0.15) is 23.4 Å². The van der Waals surface area contributed by atoms with Crippen LogP contribution in [0.1, 0.15) is 33.3 Å². The normalized spacial score (nSPS) is 17.4. The molecule has 3 rings (SSSR count). The standard InChI is InChI=1S/C22H29N3O6S/c1-14(25-32(29)19-8-6-5-7-17(19)24-31-32)20(27)23-18(21(28)30-22(2,3)4)13-15-9-11-16(26)12-10-15/h5-12,14,18,24,26,32H,13H2,1-4H3,(H,23,27)(H,25,29)/t14-,18-/m0/s1. The van der Waals surface area contributed by atoms with Crippen LogP contribution in [0.2, 0.25) is 0 Å². The van der Waals surface area contributed by atoms with Crippen molar-refractivity contribution in [1.82, 2.24) is 10.0 Å². The van der Waals surface area contributed by atoms with E-state index in [-0.39, 0.29) is 12.2 Å². The number of para-hydroxylation sites is 1. The highest BCUT2D eigenvalue weighted by molar-refractivity contribution is 7.97. The molecule has 0 bridgehead atoms. The Bertz CT molecular complexity index is 1030. The molecule has 1 aliphatic rings. The third-order valence-corrected chi connectivity index (χ3v) is 6.75. The number of phenolic OH excluding ortho intramolecular Hbond substituents is 1. The number of ether oxygens (including phenoxy) is 1. The topological polar surface area (TPSA) is 126 Å². The van der Waals surface area contributed by atoms with Crippen molar-refractivity contribution in [2.75, 3.05) is 5.48 Å². The minimum absolute atomic E-state index is 0.0968. The fraction of sp³-hybridized carbons (Fsp3) is 0.364. The summed E-state index contributed by atoms with van der Waals surface area (Å²) in [5.74, 6) is -1.04. The first-order valence-corrected chi connectivity index (χ1v) is 11.8. The second-order valence-corrected chi connectivity index (χ2v) is 10.6. The highest BCUT2D eigenvalue weighted by Gasteiger charge is 2.32. The molecule has 0 fully saturated rings. The van der Waals surface area contributed by atoms with Gasteiger partial charge in [-0.2, -0.15) is 8.49 Å². The molecule has 1 amide bonds. The Morgan fingerprint density at radius 1 is 1.16 bits per heavy atom. The summed E-state index contributed by atoms with van der Waals surface area (Å²) in [6.45, 7) is 6.75. The number of carbonyl (C=O) groups excluding carboxylic acids is 2. The van der Waals surface area contributed by atoms with Crippen LogP contribution in [0.4, 0.5) is 5.69 Å². The zero-order valence-corrected chi connectivity index (χ0v) is 19.3. The number of aromatic hydroxyl groups is 1. The van der Waals surface area contributed by atoms with Crippen molar-refractivity contribution in [3.63, 3.8) is 0 Å². The molecule has 4 N–H and O–H groups in total. The molecule has 0 aliphatic carbocycles. The molecule has 2 aromatic carbocycles. The fourth-order valence-electron chi connectivity index (χ4n) is 3.12. The van der Waals surface area contributed by atoms with Gasteiger partial charge >= 0.3 is 5.97 Å². The van der Waals surface area contributed by atoms with E-state index in [1.165, 1.54) is 19.1 Å². The third kappa shape index (κ3) is 5.84. The number of carbonyl (C=O) groups is 2. The maximum Gasteiger partial charge on any atom is 0.329 e. The molecule has 0 saturated heterocycles. The van der Waals surface area contributed by atoms with Gasteiger partial charge in [-0.05, 0) is 57.5 Å². The lowest BCUT2D eigenvalue weighted by Crippen LogP contribution is -2.53. The van der Waals surface area contributed by atoms with Gasteiger partial charge in [0.05, 0.1) is 10.6 Å². The van der Waals surface area contributed by atoms with Crippen molar-refractivity contribution >= 4 is 28.0 Å².